The van der Waals surface area contributed by atoms with Crippen LogP contribution in [0, 0.1) is 12.7 Å². The lowest BCUT2D eigenvalue weighted by Crippen LogP contribution is -1.99. The zero-order valence-corrected chi connectivity index (χ0v) is 9.27. The number of nitrogens with two attached hydrogens (primary N) is 1. The van der Waals surface area contributed by atoms with Crippen LogP contribution in [0.3, 0.4) is 0 Å². The first-order valence-electron chi connectivity index (χ1n) is 4.75. The van der Waals surface area contributed by atoms with E-state index in [4.69, 9.17) is 5.73 Å². The van der Waals surface area contributed by atoms with Gasteiger partial charge in [-0.15, -0.1) is 11.3 Å². The first-order valence-corrected chi connectivity index (χ1v) is 5.63. The van der Waals surface area contributed by atoms with Gasteiger partial charge in [-0.05, 0) is 35.6 Å². The molecule has 0 atom stereocenters. The molecule has 0 fully saturated rings. The molecule has 1 aromatic heterocycles. The lowest BCUT2D eigenvalue weighted by molar-refractivity contribution is 0.611. The molecule has 1 nitrogen and oxygen atoms in total. The van der Waals surface area contributed by atoms with Crippen molar-refractivity contribution in [2.24, 2.45) is 5.73 Å². The average Bonchev–Trinajstić information content (AvgIpc) is 2.64. The molecule has 0 amide bonds. The summed E-state index contributed by atoms with van der Waals surface area (Å²) in [7, 11) is 0. The van der Waals surface area contributed by atoms with E-state index in [0.717, 1.165) is 11.1 Å². The average molecular weight is 221 g/mol. The molecule has 3 heteroatoms. The minimum absolute atomic E-state index is 0.222. The van der Waals surface area contributed by atoms with Crippen molar-refractivity contribution in [2.75, 3.05) is 0 Å². The van der Waals surface area contributed by atoms with E-state index < -0.39 is 0 Å². The normalized spacial score (nSPS) is 10.6. The maximum absolute atomic E-state index is 13.5. The Hall–Kier alpha value is -1.19. The fourth-order valence-electron chi connectivity index (χ4n) is 1.56. The van der Waals surface area contributed by atoms with Gasteiger partial charge in [0.1, 0.15) is 5.82 Å². The molecule has 0 aliphatic heterocycles. The van der Waals surface area contributed by atoms with Gasteiger partial charge in [-0.3, -0.25) is 0 Å². The summed E-state index contributed by atoms with van der Waals surface area (Å²) in [6.07, 6.45) is 0. The van der Waals surface area contributed by atoms with Crippen LogP contribution in [0.4, 0.5) is 4.39 Å². The third kappa shape index (κ3) is 1.94. The molecule has 0 aliphatic rings. The highest BCUT2D eigenvalue weighted by Crippen LogP contribution is 2.28. The molecule has 0 saturated carbocycles. The molecule has 2 N–H and O–H groups in total. The number of hydrogen-bond donors (Lipinski definition) is 1. The van der Waals surface area contributed by atoms with Gasteiger partial charge in [-0.1, -0.05) is 12.1 Å². The molecule has 78 valence electrons. The predicted molar refractivity (Wildman–Crippen MR) is 62.3 cm³/mol. The van der Waals surface area contributed by atoms with Crippen molar-refractivity contribution in [3.8, 4) is 11.1 Å². The maximum atomic E-state index is 13.5. The van der Waals surface area contributed by atoms with E-state index in [-0.39, 0.29) is 12.4 Å². The predicted octanol–water partition coefficient (Wildman–Crippen LogP) is 3.32. The van der Waals surface area contributed by atoms with E-state index in [1.54, 1.807) is 23.5 Å². The molecule has 15 heavy (non-hydrogen) atoms. The zero-order chi connectivity index (χ0) is 10.8. The Labute approximate surface area is 92.4 Å². The Morgan fingerprint density at radius 2 is 2.13 bits per heavy atom. The lowest BCUT2D eigenvalue weighted by atomic mass is 10.0. The van der Waals surface area contributed by atoms with Crippen LogP contribution in [0.25, 0.3) is 11.1 Å². The van der Waals surface area contributed by atoms with Gasteiger partial charge in [-0.25, -0.2) is 4.39 Å². The van der Waals surface area contributed by atoms with Crippen molar-refractivity contribution >= 4 is 11.3 Å². The highest BCUT2D eigenvalue weighted by atomic mass is 32.1. The topological polar surface area (TPSA) is 26.0 Å². The Morgan fingerprint density at radius 1 is 1.33 bits per heavy atom. The molecule has 2 aromatic rings. The fraction of sp³-hybridized carbons (Fsp3) is 0.167. The highest BCUT2D eigenvalue weighted by molar-refractivity contribution is 7.10. The Morgan fingerprint density at radius 3 is 2.67 bits per heavy atom. The van der Waals surface area contributed by atoms with Crippen molar-refractivity contribution < 1.29 is 4.39 Å². The van der Waals surface area contributed by atoms with Gasteiger partial charge in [0, 0.05) is 17.0 Å². The zero-order valence-electron chi connectivity index (χ0n) is 8.46. The van der Waals surface area contributed by atoms with Gasteiger partial charge < -0.3 is 5.73 Å². The standard InChI is InChI=1S/C12H12FNS/c1-8-11(4-5-15-8)9-2-3-10(7-14)12(13)6-9/h2-6H,7,14H2,1H3. The van der Waals surface area contributed by atoms with E-state index in [2.05, 4.69) is 0 Å². The number of aryl methyl sites for hydroxylation is 1. The first-order chi connectivity index (χ1) is 7.22. The van der Waals surface area contributed by atoms with Gasteiger partial charge in [0.25, 0.3) is 0 Å². The Balaban J connectivity index is 2.47. The second-order valence-corrected chi connectivity index (χ2v) is 4.52. The van der Waals surface area contributed by atoms with Crippen molar-refractivity contribution in [1.29, 1.82) is 0 Å². The van der Waals surface area contributed by atoms with Gasteiger partial charge >= 0.3 is 0 Å². The van der Waals surface area contributed by atoms with Crippen LogP contribution in [-0.2, 0) is 6.54 Å². The van der Waals surface area contributed by atoms with E-state index in [1.165, 1.54) is 4.88 Å². The van der Waals surface area contributed by atoms with Crippen molar-refractivity contribution in [3.05, 3.63) is 45.9 Å². The maximum Gasteiger partial charge on any atom is 0.128 e. The number of rotatable bonds is 2. The molecule has 1 heterocycles. The van der Waals surface area contributed by atoms with E-state index in [9.17, 15) is 4.39 Å². The van der Waals surface area contributed by atoms with Crippen molar-refractivity contribution in [1.82, 2.24) is 0 Å². The molecule has 0 radical (unpaired) electrons. The van der Waals surface area contributed by atoms with E-state index in [0.29, 0.717) is 5.56 Å². The summed E-state index contributed by atoms with van der Waals surface area (Å²) < 4.78 is 13.5. The second-order valence-electron chi connectivity index (χ2n) is 3.40. The molecular formula is C12H12FNS. The van der Waals surface area contributed by atoms with Crippen LogP contribution in [0.15, 0.2) is 29.6 Å². The lowest BCUT2D eigenvalue weighted by Gasteiger charge is -2.04. The summed E-state index contributed by atoms with van der Waals surface area (Å²) >= 11 is 1.67. The quantitative estimate of drug-likeness (QED) is 0.827. The SMILES string of the molecule is Cc1sccc1-c1ccc(CN)c(F)c1. The number of hydrogen-bond acceptors (Lipinski definition) is 2. The fourth-order valence-corrected chi connectivity index (χ4v) is 2.29. The van der Waals surface area contributed by atoms with Gasteiger partial charge in [0.2, 0.25) is 0 Å². The molecule has 0 unspecified atom stereocenters. The molecule has 1 aromatic carbocycles. The number of benzene rings is 1. The molecular weight excluding hydrogens is 209 g/mol. The molecule has 2 rings (SSSR count). The highest BCUT2D eigenvalue weighted by Gasteiger charge is 2.06. The smallest absolute Gasteiger partial charge is 0.128 e. The van der Waals surface area contributed by atoms with Gasteiger partial charge in [0.05, 0.1) is 0 Å². The summed E-state index contributed by atoms with van der Waals surface area (Å²) in [6.45, 7) is 2.28. The number of halogens is 1. The molecule has 0 saturated heterocycles. The van der Waals surface area contributed by atoms with Crippen molar-refractivity contribution in [3.63, 3.8) is 0 Å². The minimum atomic E-state index is -0.222. The third-order valence-electron chi connectivity index (χ3n) is 2.44. The van der Waals surface area contributed by atoms with E-state index >= 15 is 0 Å². The monoisotopic (exact) mass is 221 g/mol. The van der Waals surface area contributed by atoms with Crippen LogP contribution in [0.1, 0.15) is 10.4 Å². The van der Waals surface area contributed by atoms with Crippen LogP contribution in [-0.4, -0.2) is 0 Å². The second kappa shape index (κ2) is 4.13. The largest absolute Gasteiger partial charge is 0.326 e. The van der Waals surface area contributed by atoms with Gasteiger partial charge in [0.15, 0.2) is 0 Å². The number of thiophene rings is 1. The minimum Gasteiger partial charge on any atom is -0.326 e. The van der Waals surface area contributed by atoms with Gasteiger partial charge in [-0.2, -0.15) is 0 Å². The van der Waals surface area contributed by atoms with Crippen LogP contribution in [0.5, 0.6) is 0 Å². The van der Waals surface area contributed by atoms with Crippen LogP contribution >= 0.6 is 11.3 Å². The molecule has 0 aliphatic carbocycles. The van der Waals surface area contributed by atoms with Crippen LogP contribution in [0.2, 0.25) is 0 Å². The van der Waals surface area contributed by atoms with Crippen LogP contribution < -0.4 is 5.73 Å². The summed E-state index contributed by atoms with van der Waals surface area (Å²) in [4.78, 5) is 1.20. The summed E-state index contributed by atoms with van der Waals surface area (Å²) in [6, 6.07) is 7.23. The Kier molecular flexibility index (Phi) is 2.84. The summed E-state index contributed by atoms with van der Waals surface area (Å²) in [5, 5.41) is 2.01. The molecule has 0 bridgehead atoms. The summed E-state index contributed by atoms with van der Waals surface area (Å²) in [5.74, 6) is -0.222. The summed E-state index contributed by atoms with van der Waals surface area (Å²) in [5.41, 5.74) is 7.99. The van der Waals surface area contributed by atoms with E-state index in [1.807, 2.05) is 24.4 Å². The van der Waals surface area contributed by atoms with Crippen molar-refractivity contribution in [2.45, 2.75) is 13.5 Å². The Bertz CT molecular complexity index is 476. The first kappa shape index (κ1) is 10.3. The molecule has 0 spiro atoms. The third-order valence-corrected chi connectivity index (χ3v) is 3.29.